The molecular weight excluding hydrogens is 399 g/mol. The largest absolute Gasteiger partial charge is 0.351 e. The summed E-state index contributed by atoms with van der Waals surface area (Å²) in [6.07, 6.45) is 7.33. The molecule has 0 bridgehead atoms. The van der Waals surface area contributed by atoms with Gasteiger partial charge in [0, 0.05) is 38.5 Å². The molecule has 1 saturated carbocycles. The lowest BCUT2D eigenvalue weighted by Gasteiger charge is -2.34. The van der Waals surface area contributed by atoms with Crippen molar-refractivity contribution in [3.8, 4) is 0 Å². The number of carbonyl (C=O) groups excluding carboxylic acids is 3. The van der Waals surface area contributed by atoms with Gasteiger partial charge < -0.3 is 20.9 Å². The zero-order valence-electron chi connectivity index (χ0n) is 18.2. The van der Waals surface area contributed by atoms with Crippen LogP contribution < -0.4 is 16.0 Å². The average molecular weight is 433 g/mol. The quantitative estimate of drug-likeness (QED) is 0.645. The first-order valence-corrected chi connectivity index (χ1v) is 11.3. The molecule has 3 rings (SSSR count). The number of hydrogen-bond donors (Lipinski definition) is 3. The van der Waals surface area contributed by atoms with Gasteiger partial charge in [0.25, 0.3) is 0 Å². The number of rotatable bonds is 6. The molecule has 1 aliphatic heterocycles. The van der Waals surface area contributed by atoms with Crippen molar-refractivity contribution in [3.63, 3.8) is 0 Å². The van der Waals surface area contributed by atoms with Crippen molar-refractivity contribution in [1.82, 2.24) is 20.9 Å². The Morgan fingerprint density at radius 2 is 1.58 bits per heavy atom. The van der Waals surface area contributed by atoms with Gasteiger partial charge in [-0.3, -0.25) is 9.59 Å². The normalized spacial score (nSPS) is 18.8. The summed E-state index contributed by atoms with van der Waals surface area (Å²) in [5, 5.41) is 8.84. The van der Waals surface area contributed by atoms with Crippen molar-refractivity contribution in [2.24, 2.45) is 0 Å². The van der Waals surface area contributed by atoms with Gasteiger partial charge >= 0.3 is 6.03 Å². The molecule has 7 nitrogen and oxygen atoms in total. The standard InChI is InChI=1S/C23H33FN4O3/c1-16(29)25-21(15-17-7-9-18(24)10-8-17)22(30)26-20-11-13-28(14-12-20)23(31)27-19-5-3-2-4-6-19/h7-10,19-21H,2-6,11-15H2,1H3,(H,25,29)(H,26,30)(H,27,31). The third-order valence-corrected chi connectivity index (χ3v) is 6.11. The Morgan fingerprint density at radius 3 is 2.19 bits per heavy atom. The van der Waals surface area contributed by atoms with E-state index in [2.05, 4.69) is 16.0 Å². The van der Waals surface area contributed by atoms with Gasteiger partial charge in [0.15, 0.2) is 0 Å². The summed E-state index contributed by atoms with van der Waals surface area (Å²) in [5.74, 6) is -0.898. The SMILES string of the molecule is CC(=O)NC(Cc1ccc(F)cc1)C(=O)NC1CCN(C(=O)NC2CCCCC2)CC1. The van der Waals surface area contributed by atoms with E-state index in [9.17, 15) is 18.8 Å². The van der Waals surface area contributed by atoms with Gasteiger partial charge in [0.1, 0.15) is 11.9 Å². The highest BCUT2D eigenvalue weighted by Gasteiger charge is 2.28. The average Bonchev–Trinajstić information content (AvgIpc) is 2.75. The molecule has 1 aliphatic carbocycles. The first-order valence-electron chi connectivity index (χ1n) is 11.3. The fraction of sp³-hybridized carbons (Fsp3) is 0.609. The number of urea groups is 1. The Kier molecular flexibility index (Phi) is 8.26. The fourth-order valence-electron chi connectivity index (χ4n) is 4.35. The topological polar surface area (TPSA) is 90.5 Å². The van der Waals surface area contributed by atoms with Crippen LogP contribution in [-0.4, -0.2) is 54.0 Å². The van der Waals surface area contributed by atoms with Crippen molar-refractivity contribution < 1.29 is 18.8 Å². The van der Waals surface area contributed by atoms with Crippen LogP contribution in [0.3, 0.4) is 0 Å². The van der Waals surface area contributed by atoms with Crippen LogP contribution in [0.25, 0.3) is 0 Å². The molecule has 4 amide bonds. The second-order valence-electron chi connectivity index (χ2n) is 8.64. The van der Waals surface area contributed by atoms with Gasteiger partial charge in [0.2, 0.25) is 11.8 Å². The molecule has 2 aliphatic rings. The molecular formula is C23H33FN4O3. The Balaban J connectivity index is 1.47. The molecule has 1 heterocycles. The first-order chi connectivity index (χ1) is 14.9. The number of carbonyl (C=O) groups is 3. The third kappa shape index (κ3) is 7.22. The summed E-state index contributed by atoms with van der Waals surface area (Å²) >= 11 is 0. The number of nitrogens with one attached hydrogen (secondary N) is 3. The molecule has 8 heteroatoms. The maximum Gasteiger partial charge on any atom is 0.317 e. The summed E-state index contributed by atoms with van der Waals surface area (Å²) in [4.78, 5) is 38.7. The molecule has 1 aromatic rings. The molecule has 1 atom stereocenters. The highest BCUT2D eigenvalue weighted by molar-refractivity contribution is 5.87. The predicted molar refractivity (Wildman–Crippen MR) is 116 cm³/mol. The van der Waals surface area contributed by atoms with Crippen LogP contribution in [0, 0.1) is 5.82 Å². The molecule has 1 saturated heterocycles. The zero-order valence-corrected chi connectivity index (χ0v) is 18.2. The lowest BCUT2D eigenvalue weighted by molar-refractivity contribution is -0.128. The monoisotopic (exact) mass is 432 g/mol. The van der Waals surface area contributed by atoms with Crippen LogP contribution in [0.15, 0.2) is 24.3 Å². The predicted octanol–water partition coefficient (Wildman–Crippen LogP) is 2.50. The summed E-state index contributed by atoms with van der Waals surface area (Å²) in [5.41, 5.74) is 0.768. The number of nitrogens with zero attached hydrogens (tertiary/aromatic N) is 1. The highest BCUT2D eigenvalue weighted by Crippen LogP contribution is 2.18. The van der Waals surface area contributed by atoms with Crippen LogP contribution in [0.4, 0.5) is 9.18 Å². The minimum Gasteiger partial charge on any atom is -0.351 e. The van der Waals surface area contributed by atoms with Gasteiger partial charge in [-0.15, -0.1) is 0 Å². The molecule has 0 spiro atoms. The van der Waals surface area contributed by atoms with E-state index < -0.39 is 6.04 Å². The molecule has 0 radical (unpaired) electrons. The summed E-state index contributed by atoms with van der Waals surface area (Å²) in [6.45, 7) is 2.55. The van der Waals surface area contributed by atoms with E-state index in [1.165, 1.54) is 38.3 Å². The molecule has 3 N–H and O–H groups in total. The van der Waals surface area contributed by atoms with Gasteiger partial charge in [-0.2, -0.15) is 0 Å². The molecule has 2 fully saturated rings. The highest BCUT2D eigenvalue weighted by atomic mass is 19.1. The maximum atomic E-state index is 13.1. The van der Waals surface area contributed by atoms with E-state index in [1.54, 1.807) is 12.1 Å². The number of halogens is 1. The van der Waals surface area contributed by atoms with E-state index in [0.717, 1.165) is 18.4 Å². The van der Waals surface area contributed by atoms with E-state index in [-0.39, 0.29) is 42.2 Å². The second-order valence-corrected chi connectivity index (χ2v) is 8.64. The van der Waals surface area contributed by atoms with E-state index in [1.807, 2.05) is 4.90 Å². The first kappa shape index (κ1) is 23.0. The smallest absolute Gasteiger partial charge is 0.317 e. The Hall–Kier alpha value is -2.64. The lowest BCUT2D eigenvalue weighted by Crippen LogP contribution is -2.54. The minimum atomic E-state index is -0.726. The van der Waals surface area contributed by atoms with Gasteiger partial charge in [0.05, 0.1) is 0 Å². The third-order valence-electron chi connectivity index (χ3n) is 6.11. The molecule has 1 unspecified atom stereocenters. The summed E-state index contributed by atoms with van der Waals surface area (Å²) < 4.78 is 13.1. The number of likely N-dealkylation sites (tertiary alicyclic amines) is 1. The van der Waals surface area contributed by atoms with E-state index >= 15 is 0 Å². The second kappa shape index (κ2) is 11.1. The van der Waals surface area contributed by atoms with Crippen molar-refractivity contribution >= 4 is 17.8 Å². The summed E-state index contributed by atoms with van der Waals surface area (Å²) in [7, 11) is 0. The number of benzene rings is 1. The Morgan fingerprint density at radius 1 is 0.968 bits per heavy atom. The van der Waals surface area contributed by atoms with Crippen molar-refractivity contribution in [3.05, 3.63) is 35.6 Å². The van der Waals surface area contributed by atoms with Crippen LogP contribution in [0.2, 0.25) is 0 Å². The fourth-order valence-corrected chi connectivity index (χ4v) is 4.35. The maximum absolute atomic E-state index is 13.1. The number of piperidine rings is 1. The molecule has 170 valence electrons. The minimum absolute atomic E-state index is 0.0101. The molecule has 31 heavy (non-hydrogen) atoms. The Labute approximate surface area is 183 Å². The lowest BCUT2D eigenvalue weighted by atomic mass is 9.95. The van der Waals surface area contributed by atoms with E-state index in [0.29, 0.717) is 25.9 Å². The number of amides is 4. The van der Waals surface area contributed by atoms with E-state index in [4.69, 9.17) is 0 Å². The van der Waals surface area contributed by atoms with Gasteiger partial charge in [-0.05, 0) is 43.4 Å². The van der Waals surface area contributed by atoms with Crippen molar-refractivity contribution in [2.75, 3.05) is 13.1 Å². The number of hydrogen-bond acceptors (Lipinski definition) is 3. The van der Waals surface area contributed by atoms with Crippen molar-refractivity contribution in [1.29, 1.82) is 0 Å². The van der Waals surface area contributed by atoms with Gasteiger partial charge in [-0.1, -0.05) is 31.4 Å². The molecule has 1 aromatic carbocycles. The van der Waals surface area contributed by atoms with Crippen LogP contribution in [0.5, 0.6) is 0 Å². The van der Waals surface area contributed by atoms with Crippen LogP contribution >= 0.6 is 0 Å². The van der Waals surface area contributed by atoms with Crippen LogP contribution in [0.1, 0.15) is 57.4 Å². The van der Waals surface area contributed by atoms with Gasteiger partial charge in [-0.25, -0.2) is 9.18 Å². The van der Waals surface area contributed by atoms with Crippen molar-refractivity contribution in [2.45, 2.75) is 76.4 Å². The zero-order chi connectivity index (χ0) is 22.2. The Bertz CT molecular complexity index is 757. The molecule has 0 aromatic heterocycles. The summed E-state index contributed by atoms with van der Waals surface area (Å²) in [6, 6.07) is 5.40. The van der Waals surface area contributed by atoms with Crippen LogP contribution in [-0.2, 0) is 16.0 Å².